The highest BCUT2D eigenvalue weighted by molar-refractivity contribution is 7.91. The van der Waals surface area contributed by atoms with Gasteiger partial charge in [-0.25, -0.2) is 8.42 Å². The first kappa shape index (κ1) is 12.9. The summed E-state index contributed by atoms with van der Waals surface area (Å²) in [5.41, 5.74) is 0. The van der Waals surface area contributed by atoms with E-state index in [0.29, 0.717) is 30.5 Å². The standard InChI is InChI=1S/C10H22N2O2S/c1-10(2)9-11-3-4-12-5-7-15(13,14)8-6-12/h10-11H,3-9H2,1-2H3. The zero-order valence-corrected chi connectivity index (χ0v) is 10.5. The van der Waals surface area contributed by atoms with Crippen LogP contribution in [-0.4, -0.2) is 57.5 Å². The van der Waals surface area contributed by atoms with E-state index in [2.05, 4.69) is 24.1 Å². The molecule has 1 saturated heterocycles. The Balaban J connectivity index is 2.09. The molecule has 1 aliphatic rings. The lowest BCUT2D eigenvalue weighted by Crippen LogP contribution is -2.43. The lowest BCUT2D eigenvalue weighted by molar-refractivity contribution is 0.292. The first-order valence-electron chi connectivity index (χ1n) is 5.63. The molecule has 15 heavy (non-hydrogen) atoms. The van der Waals surface area contributed by atoms with Crippen molar-refractivity contribution >= 4 is 9.84 Å². The molecule has 4 nitrogen and oxygen atoms in total. The number of hydrogen-bond donors (Lipinski definition) is 1. The van der Waals surface area contributed by atoms with Crippen LogP contribution in [0.2, 0.25) is 0 Å². The average Bonchev–Trinajstić information content (AvgIpc) is 2.14. The van der Waals surface area contributed by atoms with E-state index < -0.39 is 9.84 Å². The van der Waals surface area contributed by atoms with Crippen molar-refractivity contribution in [2.45, 2.75) is 13.8 Å². The largest absolute Gasteiger partial charge is 0.315 e. The number of sulfone groups is 1. The van der Waals surface area contributed by atoms with E-state index in [0.717, 1.165) is 19.6 Å². The fraction of sp³-hybridized carbons (Fsp3) is 1.00. The Labute approximate surface area is 93.0 Å². The van der Waals surface area contributed by atoms with E-state index >= 15 is 0 Å². The third-order valence-electron chi connectivity index (χ3n) is 2.59. The molecular formula is C10H22N2O2S. The van der Waals surface area contributed by atoms with E-state index in [4.69, 9.17) is 0 Å². The Morgan fingerprint density at radius 1 is 1.27 bits per heavy atom. The van der Waals surface area contributed by atoms with Crippen molar-refractivity contribution in [2.24, 2.45) is 5.92 Å². The normalized spacial score (nSPS) is 22.1. The van der Waals surface area contributed by atoms with Crippen LogP contribution < -0.4 is 5.32 Å². The van der Waals surface area contributed by atoms with Gasteiger partial charge in [-0.1, -0.05) is 13.8 Å². The molecule has 0 aromatic rings. The summed E-state index contributed by atoms with van der Waals surface area (Å²) in [5, 5.41) is 3.36. The molecule has 0 aliphatic carbocycles. The van der Waals surface area contributed by atoms with Crippen molar-refractivity contribution in [1.29, 1.82) is 0 Å². The molecular weight excluding hydrogens is 212 g/mol. The van der Waals surface area contributed by atoms with Crippen molar-refractivity contribution in [1.82, 2.24) is 10.2 Å². The fourth-order valence-electron chi connectivity index (χ4n) is 1.60. The van der Waals surface area contributed by atoms with E-state index in [-0.39, 0.29) is 0 Å². The predicted molar refractivity (Wildman–Crippen MR) is 62.8 cm³/mol. The molecule has 0 spiro atoms. The first-order chi connectivity index (χ1) is 6.99. The lowest BCUT2D eigenvalue weighted by atomic mass is 10.2. The second-order valence-electron chi connectivity index (χ2n) is 4.59. The zero-order chi connectivity index (χ0) is 11.3. The maximum Gasteiger partial charge on any atom is 0.152 e. The highest BCUT2D eigenvalue weighted by atomic mass is 32.2. The number of nitrogens with one attached hydrogen (secondary N) is 1. The molecule has 90 valence electrons. The van der Waals surface area contributed by atoms with Gasteiger partial charge in [0.15, 0.2) is 9.84 Å². The third kappa shape index (κ3) is 5.49. The zero-order valence-electron chi connectivity index (χ0n) is 9.70. The Hall–Kier alpha value is -0.130. The Bertz CT molecular complexity index is 261. The van der Waals surface area contributed by atoms with Crippen LogP contribution >= 0.6 is 0 Å². The van der Waals surface area contributed by atoms with Crippen LogP contribution in [0.4, 0.5) is 0 Å². The van der Waals surface area contributed by atoms with Crippen molar-refractivity contribution in [3.8, 4) is 0 Å². The van der Waals surface area contributed by atoms with Gasteiger partial charge in [0.1, 0.15) is 0 Å². The second-order valence-corrected chi connectivity index (χ2v) is 6.90. The first-order valence-corrected chi connectivity index (χ1v) is 7.45. The summed E-state index contributed by atoms with van der Waals surface area (Å²) in [4.78, 5) is 2.22. The molecule has 0 saturated carbocycles. The molecule has 0 aromatic heterocycles. The van der Waals surface area contributed by atoms with Gasteiger partial charge in [0, 0.05) is 26.2 Å². The van der Waals surface area contributed by atoms with Gasteiger partial charge in [-0.2, -0.15) is 0 Å². The van der Waals surface area contributed by atoms with Crippen molar-refractivity contribution in [3.63, 3.8) is 0 Å². The number of hydrogen-bond acceptors (Lipinski definition) is 4. The third-order valence-corrected chi connectivity index (χ3v) is 4.20. The van der Waals surface area contributed by atoms with Crippen LogP contribution in [-0.2, 0) is 9.84 Å². The Morgan fingerprint density at radius 2 is 1.87 bits per heavy atom. The molecule has 5 heteroatoms. The lowest BCUT2D eigenvalue weighted by Gasteiger charge is -2.26. The monoisotopic (exact) mass is 234 g/mol. The summed E-state index contributed by atoms with van der Waals surface area (Å²) in [6.45, 7) is 8.71. The van der Waals surface area contributed by atoms with Gasteiger partial charge >= 0.3 is 0 Å². The molecule has 1 aliphatic heterocycles. The summed E-state index contributed by atoms with van der Waals surface area (Å²) >= 11 is 0. The smallest absolute Gasteiger partial charge is 0.152 e. The molecule has 0 unspecified atom stereocenters. The van der Waals surface area contributed by atoms with Gasteiger partial charge in [-0.3, -0.25) is 0 Å². The molecule has 0 atom stereocenters. The molecule has 1 rings (SSSR count). The minimum atomic E-state index is -2.72. The Morgan fingerprint density at radius 3 is 2.40 bits per heavy atom. The molecule has 0 bridgehead atoms. The van der Waals surface area contributed by atoms with E-state index in [1.165, 1.54) is 0 Å². The van der Waals surface area contributed by atoms with Gasteiger partial charge in [0.25, 0.3) is 0 Å². The number of rotatable bonds is 5. The SMILES string of the molecule is CC(C)CNCCN1CCS(=O)(=O)CC1. The van der Waals surface area contributed by atoms with Crippen LogP contribution in [0.5, 0.6) is 0 Å². The maximum atomic E-state index is 11.2. The quantitative estimate of drug-likeness (QED) is 0.678. The highest BCUT2D eigenvalue weighted by Crippen LogP contribution is 2.02. The van der Waals surface area contributed by atoms with Crippen LogP contribution in [0.1, 0.15) is 13.8 Å². The molecule has 0 amide bonds. The van der Waals surface area contributed by atoms with Crippen LogP contribution in [0.15, 0.2) is 0 Å². The molecule has 1 fully saturated rings. The van der Waals surface area contributed by atoms with Gasteiger partial charge in [-0.15, -0.1) is 0 Å². The van der Waals surface area contributed by atoms with E-state index in [1.54, 1.807) is 0 Å². The van der Waals surface area contributed by atoms with Gasteiger partial charge < -0.3 is 10.2 Å². The van der Waals surface area contributed by atoms with E-state index in [9.17, 15) is 8.42 Å². The summed E-state index contributed by atoms with van der Waals surface area (Å²) in [5.74, 6) is 1.33. The fourth-order valence-corrected chi connectivity index (χ4v) is 2.88. The second kappa shape index (κ2) is 5.82. The summed E-state index contributed by atoms with van der Waals surface area (Å²) in [6, 6.07) is 0. The minimum absolute atomic E-state index is 0.331. The molecule has 1 N–H and O–H groups in total. The molecule has 0 aromatic carbocycles. The van der Waals surface area contributed by atoms with Gasteiger partial charge in [0.05, 0.1) is 11.5 Å². The summed E-state index contributed by atoms with van der Waals surface area (Å²) < 4.78 is 22.3. The van der Waals surface area contributed by atoms with E-state index in [1.807, 2.05) is 0 Å². The summed E-state index contributed by atoms with van der Waals surface area (Å²) in [6.07, 6.45) is 0. The van der Waals surface area contributed by atoms with Crippen molar-refractivity contribution in [3.05, 3.63) is 0 Å². The Kier molecular flexibility index (Phi) is 5.02. The van der Waals surface area contributed by atoms with Crippen LogP contribution in [0.25, 0.3) is 0 Å². The highest BCUT2D eigenvalue weighted by Gasteiger charge is 2.20. The van der Waals surface area contributed by atoms with Gasteiger partial charge in [-0.05, 0) is 12.5 Å². The average molecular weight is 234 g/mol. The molecule has 0 radical (unpaired) electrons. The van der Waals surface area contributed by atoms with Crippen LogP contribution in [0, 0.1) is 5.92 Å². The molecule has 1 heterocycles. The maximum absolute atomic E-state index is 11.2. The topological polar surface area (TPSA) is 49.4 Å². The number of nitrogens with zero attached hydrogens (tertiary/aromatic N) is 1. The van der Waals surface area contributed by atoms with Crippen molar-refractivity contribution in [2.75, 3.05) is 44.2 Å². The van der Waals surface area contributed by atoms with Crippen LogP contribution in [0.3, 0.4) is 0 Å². The van der Waals surface area contributed by atoms with Gasteiger partial charge in [0.2, 0.25) is 0 Å². The minimum Gasteiger partial charge on any atom is -0.315 e. The summed E-state index contributed by atoms with van der Waals surface area (Å²) in [7, 11) is -2.72. The van der Waals surface area contributed by atoms with Crippen molar-refractivity contribution < 1.29 is 8.42 Å². The predicted octanol–water partition coefficient (Wildman–Crippen LogP) is -0.0376.